The highest BCUT2D eigenvalue weighted by atomic mass is 16.5. The summed E-state index contributed by atoms with van der Waals surface area (Å²) < 4.78 is 12.9. The Balaban J connectivity index is 1.48. The maximum Gasteiger partial charge on any atom is 0.323 e. The molecule has 0 saturated carbocycles. The van der Waals surface area contributed by atoms with Crippen LogP contribution in [0.25, 0.3) is 0 Å². The molecule has 1 aromatic heterocycles. The van der Waals surface area contributed by atoms with Crippen LogP contribution in [-0.4, -0.2) is 35.6 Å². The number of urea groups is 1. The van der Waals surface area contributed by atoms with Crippen molar-refractivity contribution in [1.29, 1.82) is 0 Å². The number of carbonyl (C=O) groups is 1. The lowest BCUT2D eigenvalue weighted by atomic mass is 10.1. The molecule has 0 unspecified atom stereocenters. The molecule has 2 amide bonds. The molecule has 0 radical (unpaired) electrons. The van der Waals surface area contributed by atoms with Crippen molar-refractivity contribution >= 4 is 17.4 Å². The lowest BCUT2D eigenvalue weighted by Crippen LogP contribution is -2.20. The largest absolute Gasteiger partial charge is 0.494 e. The molecular weight excluding hydrogens is 332 g/mol. The van der Waals surface area contributed by atoms with Crippen LogP contribution in [0.5, 0.6) is 5.75 Å². The summed E-state index contributed by atoms with van der Waals surface area (Å²) in [6.45, 7) is 4.35. The van der Waals surface area contributed by atoms with Gasteiger partial charge in [-0.3, -0.25) is 4.68 Å². The van der Waals surface area contributed by atoms with Crippen molar-refractivity contribution in [3.05, 3.63) is 36.7 Å². The zero-order valence-electron chi connectivity index (χ0n) is 15.1. The van der Waals surface area contributed by atoms with Crippen LogP contribution in [0.4, 0.5) is 16.2 Å². The molecular formula is C19H26N4O3. The number of nitrogens with zero attached hydrogens (tertiary/aromatic N) is 2. The van der Waals surface area contributed by atoms with E-state index in [1.54, 1.807) is 6.20 Å². The minimum absolute atomic E-state index is 0.295. The lowest BCUT2D eigenvalue weighted by Gasteiger charge is -2.22. The molecule has 2 aromatic rings. The van der Waals surface area contributed by atoms with Crippen LogP contribution >= 0.6 is 0 Å². The smallest absolute Gasteiger partial charge is 0.323 e. The maximum atomic E-state index is 12.2. The molecule has 7 nitrogen and oxygen atoms in total. The highest BCUT2D eigenvalue weighted by Crippen LogP contribution is 2.21. The number of hydrogen-bond donors (Lipinski definition) is 2. The fraction of sp³-hybridized carbons (Fsp3) is 0.474. The molecule has 0 spiro atoms. The minimum atomic E-state index is -0.295. The Morgan fingerprint density at radius 1 is 1.23 bits per heavy atom. The summed E-state index contributed by atoms with van der Waals surface area (Å²) in [5.41, 5.74) is 1.38. The maximum absolute atomic E-state index is 12.2. The Kier molecular flexibility index (Phi) is 6.49. The minimum Gasteiger partial charge on any atom is -0.494 e. The average Bonchev–Trinajstić information content (AvgIpc) is 3.12. The molecule has 1 aliphatic rings. The van der Waals surface area contributed by atoms with E-state index in [1.165, 1.54) is 0 Å². The van der Waals surface area contributed by atoms with Crippen molar-refractivity contribution in [3.8, 4) is 5.75 Å². The van der Waals surface area contributed by atoms with Gasteiger partial charge in [0.05, 0.1) is 24.5 Å². The van der Waals surface area contributed by atoms with E-state index in [2.05, 4.69) is 22.7 Å². The summed E-state index contributed by atoms with van der Waals surface area (Å²) in [5, 5.41) is 9.97. The van der Waals surface area contributed by atoms with Gasteiger partial charge in [-0.15, -0.1) is 0 Å². The van der Waals surface area contributed by atoms with Gasteiger partial charge in [0.1, 0.15) is 5.75 Å². The normalized spacial score (nSPS) is 14.8. The Hall–Kier alpha value is -2.54. The predicted molar refractivity (Wildman–Crippen MR) is 101 cm³/mol. The third-order valence-electron chi connectivity index (χ3n) is 4.30. The Labute approximate surface area is 153 Å². The van der Waals surface area contributed by atoms with E-state index in [-0.39, 0.29) is 6.03 Å². The molecule has 0 bridgehead atoms. The van der Waals surface area contributed by atoms with E-state index in [0.29, 0.717) is 24.0 Å². The van der Waals surface area contributed by atoms with E-state index in [1.807, 2.05) is 35.1 Å². The van der Waals surface area contributed by atoms with Gasteiger partial charge >= 0.3 is 6.03 Å². The van der Waals surface area contributed by atoms with Crippen LogP contribution in [0.3, 0.4) is 0 Å². The van der Waals surface area contributed by atoms with E-state index in [9.17, 15) is 4.79 Å². The van der Waals surface area contributed by atoms with Gasteiger partial charge in [-0.05, 0) is 43.5 Å². The number of rotatable bonds is 7. The first-order valence-corrected chi connectivity index (χ1v) is 9.17. The summed E-state index contributed by atoms with van der Waals surface area (Å²) >= 11 is 0. The molecule has 0 atom stereocenters. The topological polar surface area (TPSA) is 77.4 Å². The third-order valence-corrected chi connectivity index (χ3v) is 4.30. The van der Waals surface area contributed by atoms with Crippen LogP contribution in [0, 0.1) is 0 Å². The van der Waals surface area contributed by atoms with Crippen molar-refractivity contribution < 1.29 is 14.3 Å². The summed E-state index contributed by atoms with van der Waals surface area (Å²) in [5.74, 6) is 0.808. The second-order valence-electron chi connectivity index (χ2n) is 6.36. The van der Waals surface area contributed by atoms with E-state index in [4.69, 9.17) is 9.47 Å². The van der Waals surface area contributed by atoms with Gasteiger partial charge in [-0.25, -0.2) is 4.79 Å². The monoisotopic (exact) mass is 358 g/mol. The molecule has 3 rings (SSSR count). The summed E-state index contributed by atoms with van der Waals surface area (Å²) in [7, 11) is 0. The number of amides is 2. The van der Waals surface area contributed by atoms with Crippen molar-refractivity contribution in [2.75, 3.05) is 30.5 Å². The van der Waals surface area contributed by atoms with Crippen LogP contribution in [-0.2, 0) is 4.74 Å². The van der Waals surface area contributed by atoms with E-state index in [0.717, 1.165) is 44.6 Å². The summed E-state index contributed by atoms with van der Waals surface area (Å²) in [6.07, 6.45) is 7.55. The molecule has 0 aliphatic carbocycles. The van der Waals surface area contributed by atoms with Crippen LogP contribution in [0.1, 0.15) is 38.6 Å². The Bertz CT molecular complexity index is 693. The first-order chi connectivity index (χ1) is 12.7. The van der Waals surface area contributed by atoms with Gasteiger partial charge in [-0.1, -0.05) is 13.3 Å². The standard InChI is InChI=1S/C19H26N4O3/c1-2-3-10-26-18-6-4-15(5-7-18)21-19(24)22-16-13-20-23(14-16)17-8-11-25-12-9-17/h4-7,13-14,17H,2-3,8-12H2,1H3,(H2,21,22,24). The number of benzene rings is 1. The van der Waals surface area contributed by atoms with Crippen molar-refractivity contribution in [1.82, 2.24) is 9.78 Å². The molecule has 7 heteroatoms. The zero-order valence-corrected chi connectivity index (χ0v) is 15.1. The highest BCUT2D eigenvalue weighted by molar-refractivity contribution is 5.99. The Morgan fingerprint density at radius 2 is 1.96 bits per heavy atom. The number of carbonyl (C=O) groups excluding carboxylic acids is 1. The van der Waals surface area contributed by atoms with Crippen LogP contribution in [0.15, 0.2) is 36.7 Å². The van der Waals surface area contributed by atoms with Gasteiger partial charge < -0.3 is 20.1 Å². The lowest BCUT2D eigenvalue weighted by molar-refractivity contribution is 0.0662. The molecule has 140 valence electrons. The number of anilines is 2. The molecule has 2 N–H and O–H groups in total. The molecule has 2 heterocycles. The van der Waals surface area contributed by atoms with Crippen molar-refractivity contribution in [2.45, 2.75) is 38.6 Å². The second-order valence-corrected chi connectivity index (χ2v) is 6.36. The predicted octanol–water partition coefficient (Wildman–Crippen LogP) is 4.06. The molecule has 1 aliphatic heterocycles. The third kappa shape index (κ3) is 5.23. The zero-order chi connectivity index (χ0) is 18.2. The quantitative estimate of drug-likeness (QED) is 0.732. The first-order valence-electron chi connectivity index (χ1n) is 9.17. The SMILES string of the molecule is CCCCOc1ccc(NC(=O)Nc2cnn(C3CCOCC3)c2)cc1. The summed E-state index contributed by atoms with van der Waals surface area (Å²) in [6, 6.07) is 7.40. The van der Waals surface area contributed by atoms with E-state index >= 15 is 0 Å². The number of aromatic nitrogens is 2. The molecule has 1 fully saturated rings. The van der Waals surface area contributed by atoms with E-state index < -0.39 is 0 Å². The van der Waals surface area contributed by atoms with Gasteiger partial charge in [0.15, 0.2) is 0 Å². The van der Waals surface area contributed by atoms with Gasteiger partial charge in [-0.2, -0.15) is 5.10 Å². The van der Waals surface area contributed by atoms with Gasteiger partial charge in [0.25, 0.3) is 0 Å². The van der Waals surface area contributed by atoms with Crippen molar-refractivity contribution in [2.24, 2.45) is 0 Å². The van der Waals surface area contributed by atoms with Gasteiger partial charge in [0.2, 0.25) is 0 Å². The highest BCUT2D eigenvalue weighted by Gasteiger charge is 2.16. The number of unbranched alkanes of at least 4 members (excludes halogenated alkanes) is 1. The Morgan fingerprint density at radius 3 is 2.69 bits per heavy atom. The fourth-order valence-electron chi connectivity index (χ4n) is 2.81. The first kappa shape index (κ1) is 18.3. The second kappa shape index (κ2) is 9.24. The number of ether oxygens (including phenoxy) is 2. The van der Waals surface area contributed by atoms with Crippen LogP contribution < -0.4 is 15.4 Å². The number of hydrogen-bond acceptors (Lipinski definition) is 4. The molecule has 1 saturated heterocycles. The number of nitrogens with one attached hydrogen (secondary N) is 2. The average molecular weight is 358 g/mol. The summed E-state index contributed by atoms with van der Waals surface area (Å²) in [4.78, 5) is 12.2. The van der Waals surface area contributed by atoms with Gasteiger partial charge in [0, 0.05) is 25.1 Å². The van der Waals surface area contributed by atoms with Crippen LogP contribution in [0.2, 0.25) is 0 Å². The molecule has 26 heavy (non-hydrogen) atoms. The molecule has 1 aromatic carbocycles. The van der Waals surface area contributed by atoms with Crippen molar-refractivity contribution in [3.63, 3.8) is 0 Å². The fourth-order valence-corrected chi connectivity index (χ4v) is 2.81.